The molecule has 0 aromatic heterocycles. The van der Waals surface area contributed by atoms with Crippen LogP contribution >= 0.6 is 0 Å². The predicted octanol–water partition coefficient (Wildman–Crippen LogP) is 8.95. The summed E-state index contributed by atoms with van der Waals surface area (Å²) in [6.45, 7) is 3.55. The molecule has 0 aromatic rings. The van der Waals surface area contributed by atoms with Gasteiger partial charge < -0.3 is 34.3 Å². The van der Waals surface area contributed by atoms with Crippen molar-refractivity contribution in [1.29, 1.82) is 0 Å². The topological polar surface area (TPSA) is 186 Å². The Labute approximate surface area is 355 Å². The summed E-state index contributed by atoms with van der Waals surface area (Å²) >= 11 is 0. The van der Waals surface area contributed by atoms with Crippen LogP contribution in [0.4, 0.5) is 0 Å². The van der Waals surface area contributed by atoms with E-state index < -0.39 is 71.2 Å². The van der Waals surface area contributed by atoms with Crippen molar-refractivity contribution in [2.24, 2.45) is 0 Å². The van der Waals surface area contributed by atoms with E-state index in [0.717, 1.165) is 25.7 Å². The Kier molecular flexibility index (Phi) is 33.2. The largest absolute Gasteiger partial charge is 0.462 e. The SMILES string of the molecule is CC/C=C/C=C/C=C/C=C/C=C/CCCC(=O)OC(COC(=O)CCCCCCCCCCCCCCCCCCCC)CO[C@H]1O[C@H](CS(=O)(=O)O)[C@@H](O)C(O)C1O. The number of ether oxygens (including phenoxy) is 4. The number of aliphatic hydroxyl groups excluding tert-OH is 3. The molecule has 1 fully saturated rings. The van der Waals surface area contributed by atoms with E-state index >= 15 is 0 Å². The number of unbranched alkanes of at least 4 members (excludes halogenated alkanes) is 18. The average Bonchev–Trinajstić information content (AvgIpc) is 3.20. The minimum atomic E-state index is -4.61. The van der Waals surface area contributed by atoms with E-state index in [9.17, 15) is 37.9 Å². The lowest BCUT2D eigenvalue weighted by molar-refractivity contribution is -0.297. The van der Waals surface area contributed by atoms with E-state index in [0.29, 0.717) is 19.3 Å². The van der Waals surface area contributed by atoms with Crippen LogP contribution in [0.25, 0.3) is 0 Å². The molecule has 12 nitrogen and oxygen atoms in total. The Morgan fingerprint density at radius 3 is 1.58 bits per heavy atom. The molecule has 3 unspecified atom stereocenters. The number of esters is 2. The molecule has 59 heavy (non-hydrogen) atoms. The Hall–Kier alpha value is -2.65. The molecule has 1 aliphatic rings. The van der Waals surface area contributed by atoms with Crippen LogP contribution in [0.2, 0.25) is 0 Å². The summed E-state index contributed by atoms with van der Waals surface area (Å²) in [5.41, 5.74) is 0. The monoisotopic (exact) mass is 855 g/mol. The molecule has 4 N–H and O–H groups in total. The van der Waals surface area contributed by atoms with Crippen LogP contribution in [0.15, 0.2) is 60.8 Å². The zero-order valence-corrected chi connectivity index (χ0v) is 36.9. The van der Waals surface area contributed by atoms with Gasteiger partial charge in [0.1, 0.15) is 36.8 Å². The maximum atomic E-state index is 12.7. The van der Waals surface area contributed by atoms with Crippen LogP contribution in [-0.4, -0.2) is 96.0 Å². The maximum Gasteiger partial charge on any atom is 0.306 e. The second-order valence-corrected chi connectivity index (χ2v) is 17.0. The molecular weight excluding hydrogens is 777 g/mol. The van der Waals surface area contributed by atoms with Crippen molar-refractivity contribution in [3.8, 4) is 0 Å². The smallest absolute Gasteiger partial charge is 0.306 e. The normalized spacial score (nSPS) is 20.8. The number of carbonyl (C=O) groups excluding carboxylic acids is 2. The van der Waals surface area contributed by atoms with Crippen LogP contribution in [0, 0.1) is 0 Å². The highest BCUT2D eigenvalue weighted by Crippen LogP contribution is 2.24. The highest BCUT2D eigenvalue weighted by Gasteiger charge is 2.46. The number of carbonyl (C=O) groups is 2. The lowest BCUT2D eigenvalue weighted by Crippen LogP contribution is -2.60. The standard InChI is InChI=1S/C46H78O12S/c1-3-5-7-9-11-13-15-17-18-19-20-21-23-24-26-28-30-32-34-41(47)55-36-39(37-56-46-45(51)44(50)43(49)40(58-46)38-59(52,53)54)57-42(48)35-33-31-29-27-25-22-16-14-12-10-8-6-4-2/h6,8,10,12,14,16,22,25,27,29,39-40,43-46,49-51H,3-5,7,9,11,13,15,17-21,23-24,26,28,30-38H2,1-2H3,(H,52,53,54)/b8-6+,12-10+,16-14+,25-22+,29-27+/t39?,40-,43-,44?,45?,46+/m1/s1. The lowest BCUT2D eigenvalue weighted by atomic mass is 10.00. The lowest BCUT2D eigenvalue weighted by Gasteiger charge is -2.40. The van der Waals surface area contributed by atoms with Crippen molar-refractivity contribution < 1.29 is 56.8 Å². The first-order valence-electron chi connectivity index (χ1n) is 22.4. The van der Waals surface area contributed by atoms with E-state index in [1.807, 2.05) is 54.7 Å². The van der Waals surface area contributed by atoms with E-state index in [1.165, 1.54) is 89.9 Å². The Bertz CT molecular complexity index is 1320. The van der Waals surface area contributed by atoms with E-state index in [1.54, 1.807) is 0 Å². The molecule has 1 heterocycles. The molecule has 0 amide bonds. The zero-order valence-electron chi connectivity index (χ0n) is 36.1. The summed E-state index contributed by atoms with van der Waals surface area (Å²) in [4.78, 5) is 25.3. The van der Waals surface area contributed by atoms with Crippen LogP contribution in [0.3, 0.4) is 0 Å². The van der Waals surface area contributed by atoms with E-state index in [2.05, 4.69) is 19.9 Å². The molecule has 0 spiro atoms. The minimum absolute atomic E-state index is 0.0671. The van der Waals surface area contributed by atoms with Crippen molar-refractivity contribution in [2.45, 2.75) is 198 Å². The second kappa shape index (κ2) is 36.0. The molecule has 340 valence electrons. The van der Waals surface area contributed by atoms with Crippen LogP contribution in [-0.2, 0) is 38.7 Å². The molecule has 0 radical (unpaired) electrons. The van der Waals surface area contributed by atoms with Gasteiger partial charge in [-0.3, -0.25) is 14.1 Å². The maximum absolute atomic E-state index is 12.7. The van der Waals surface area contributed by atoms with E-state index in [-0.39, 0.29) is 19.4 Å². The fraction of sp³-hybridized carbons (Fsp3) is 0.739. The highest BCUT2D eigenvalue weighted by atomic mass is 32.2. The van der Waals surface area contributed by atoms with Crippen molar-refractivity contribution in [2.75, 3.05) is 19.0 Å². The molecule has 0 bridgehead atoms. The van der Waals surface area contributed by atoms with Crippen LogP contribution in [0.1, 0.15) is 162 Å². The first-order chi connectivity index (χ1) is 28.5. The number of hydrogen-bond donors (Lipinski definition) is 4. The van der Waals surface area contributed by atoms with Crippen molar-refractivity contribution in [3.63, 3.8) is 0 Å². The third-order valence-corrected chi connectivity index (χ3v) is 10.7. The van der Waals surface area contributed by atoms with Gasteiger partial charge in [0.05, 0.1) is 6.61 Å². The second-order valence-electron chi connectivity index (χ2n) is 15.5. The van der Waals surface area contributed by atoms with Gasteiger partial charge in [-0.25, -0.2) is 0 Å². The van der Waals surface area contributed by atoms with Gasteiger partial charge in [0.25, 0.3) is 10.1 Å². The molecule has 0 saturated carbocycles. The number of aliphatic hydroxyl groups is 3. The highest BCUT2D eigenvalue weighted by molar-refractivity contribution is 7.85. The summed E-state index contributed by atoms with van der Waals surface area (Å²) in [5.74, 6) is -2.08. The molecule has 0 aromatic carbocycles. The van der Waals surface area contributed by atoms with Crippen LogP contribution in [0.5, 0.6) is 0 Å². The van der Waals surface area contributed by atoms with Gasteiger partial charge in [0, 0.05) is 12.8 Å². The Morgan fingerprint density at radius 1 is 0.593 bits per heavy atom. The predicted molar refractivity (Wildman–Crippen MR) is 233 cm³/mol. The zero-order chi connectivity index (χ0) is 43.4. The summed E-state index contributed by atoms with van der Waals surface area (Å²) < 4.78 is 53.9. The molecule has 6 atom stereocenters. The summed E-state index contributed by atoms with van der Waals surface area (Å²) in [5, 5.41) is 30.8. The molecule has 0 aliphatic carbocycles. The van der Waals surface area contributed by atoms with Gasteiger partial charge in [-0.1, -0.05) is 184 Å². The Balaban J connectivity index is 2.46. The summed E-state index contributed by atoms with van der Waals surface area (Å²) in [7, 11) is -4.61. The first kappa shape index (κ1) is 54.4. The van der Waals surface area contributed by atoms with Crippen molar-refractivity contribution in [1.82, 2.24) is 0 Å². The summed E-state index contributed by atoms with van der Waals surface area (Å²) in [6.07, 6.45) is 34.3. The first-order valence-corrected chi connectivity index (χ1v) is 24.0. The third-order valence-electron chi connectivity index (χ3n) is 9.99. The van der Waals surface area contributed by atoms with Gasteiger partial charge in [-0.15, -0.1) is 0 Å². The third kappa shape index (κ3) is 30.9. The van der Waals surface area contributed by atoms with Crippen molar-refractivity contribution in [3.05, 3.63) is 60.8 Å². The van der Waals surface area contributed by atoms with Crippen molar-refractivity contribution >= 4 is 22.1 Å². The molecule has 1 rings (SSSR count). The minimum Gasteiger partial charge on any atom is -0.462 e. The van der Waals surface area contributed by atoms with Gasteiger partial charge in [-0.05, 0) is 25.7 Å². The van der Waals surface area contributed by atoms with Gasteiger partial charge >= 0.3 is 11.9 Å². The van der Waals surface area contributed by atoms with Gasteiger partial charge in [0.15, 0.2) is 12.4 Å². The van der Waals surface area contributed by atoms with E-state index in [4.69, 9.17) is 18.9 Å². The average molecular weight is 855 g/mol. The Morgan fingerprint density at radius 2 is 1.07 bits per heavy atom. The number of rotatable bonds is 36. The van der Waals surface area contributed by atoms with Gasteiger partial charge in [-0.2, -0.15) is 8.42 Å². The van der Waals surface area contributed by atoms with Gasteiger partial charge in [0.2, 0.25) is 0 Å². The number of hydrogen-bond acceptors (Lipinski definition) is 11. The fourth-order valence-electron chi connectivity index (χ4n) is 6.53. The molecule has 13 heteroatoms. The molecule has 1 saturated heterocycles. The molecular formula is C46H78O12S. The summed E-state index contributed by atoms with van der Waals surface area (Å²) in [6, 6.07) is 0. The van der Waals surface area contributed by atoms with Crippen LogP contribution < -0.4 is 0 Å². The fourth-order valence-corrected chi connectivity index (χ4v) is 7.22. The molecule has 1 aliphatic heterocycles. The number of allylic oxidation sites excluding steroid dienone is 10. The quantitative estimate of drug-likeness (QED) is 0.0203.